The number of methoxy groups -OCH3 is 1. The Bertz CT molecular complexity index is 596. The molecule has 0 amide bonds. The summed E-state index contributed by atoms with van der Waals surface area (Å²) in [6.07, 6.45) is 0. The van der Waals surface area contributed by atoms with E-state index >= 15 is 0 Å². The first-order valence-electron chi connectivity index (χ1n) is 5.24. The summed E-state index contributed by atoms with van der Waals surface area (Å²) in [5.74, 6) is -1.40. The Morgan fingerprint density at radius 1 is 1.16 bits per heavy atom. The topological polar surface area (TPSA) is 44.2 Å². The van der Waals surface area contributed by atoms with Crippen LogP contribution in [0, 0.1) is 11.6 Å². The first-order chi connectivity index (χ1) is 9.08. The predicted molar refractivity (Wildman–Crippen MR) is 64.2 cm³/mol. The maximum Gasteiger partial charge on any atom is 0.224 e. The maximum absolute atomic E-state index is 13.0. The Morgan fingerprint density at radius 2 is 1.95 bits per heavy atom. The van der Waals surface area contributed by atoms with Crippen LogP contribution in [0.25, 0.3) is 0 Å². The maximum atomic E-state index is 13.0. The number of hydrogen-bond acceptors (Lipinski definition) is 4. The number of ether oxygens (including phenoxy) is 2. The van der Waals surface area contributed by atoms with Gasteiger partial charge in [0.2, 0.25) is 5.88 Å². The van der Waals surface area contributed by atoms with Crippen LogP contribution >= 0.6 is 11.6 Å². The molecule has 0 saturated heterocycles. The standard InChI is InChI=1S/C12H9ClF2N2O2/c1-18-6-11-16-10(13)5-12(17-11)19-7-2-3-8(14)9(15)4-7/h2-5H,6H2,1H3. The van der Waals surface area contributed by atoms with Gasteiger partial charge in [0.1, 0.15) is 17.5 Å². The third-order valence-electron chi connectivity index (χ3n) is 2.10. The molecule has 0 aliphatic rings. The molecule has 0 fully saturated rings. The Balaban J connectivity index is 2.24. The molecule has 0 atom stereocenters. The van der Waals surface area contributed by atoms with Crippen LogP contribution in [-0.4, -0.2) is 17.1 Å². The smallest absolute Gasteiger partial charge is 0.224 e. The molecule has 0 bridgehead atoms. The van der Waals surface area contributed by atoms with E-state index in [1.807, 2.05) is 0 Å². The first-order valence-corrected chi connectivity index (χ1v) is 5.61. The summed E-state index contributed by atoms with van der Waals surface area (Å²) >= 11 is 5.79. The molecule has 4 nitrogen and oxygen atoms in total. The van der Waals surface area contributed by atoms with Gasteiger partial charge in [-0.15, -0.1) is 0 Å². The van der Waals surface area contributed by atoms with E-state index in [1.54, 1.807) is 0 Å². The zero-order valence-electron chi connectivity index (χ0n) is 9.86. The number of rotatable bonds is 4. The molecule has 2 aromatic rings. The highest BCUT2D eigenvalue weighted by molar-refractivity contribution is 6.29. The van der Waals surface area contributed by atoms with Crippen molar-refractivity contribution in [1.29, 1.82) is 0 Å². The lowest BCUT2D eigenvalue weighted by Crippen LogP contribution is -1.99. The second-order valence-corrected chi connectivity index (χ2v) is 3.94. The average Bonchev–Trinajstić information content (AvgIpc) is 2.33. The Morgan fingerprint density at radius 3 is 2.63 bits per heavy atom. The number of nitrogens with zero attached hydrogens (tertiary/aromatic N) is 2. The fourth-order valence-corrected chi connectivity index (χ4v) is 1.54. The van der Waals surface area contributed by atoms with E-state index in [1.165, 1.54) is 19.2 Å². The van der Waals surface area contributed by atoms with Gasteiger partial charge in [-0.25, -0.2) is 13.8 Å². The van der Waals surface area contributed by atoms with Crippen molar-refractivity contribution in [2.45, 2.75) is 6.61 Å². The van der Waals surface area contributed by atoms with Gasteiger partial charge in [0, 0.05) is 19.2 Å². The third kappa shape index (κ3) is 3.59. The number of benzene rings is 1. The minimum absolute atomic E-state index is 0.108. The number of halogens is 3. The van der Waals surface area contributed by atoms with E-state index in [-0.39, 0.29) is 23.4 Å². The molecule has 0 unspecified atom stereocenters. The summed E-state index contributed by atoms with van der Waals surface area (Å²) in [6, 6.07) is 4.53. The molecule has 7 heteroatoms. The highest BCUT2D eigenvalue weighted by Gasteiger charge is 2.08. The summed E-state index contributed by atoms with van der Waals surface area (Å²) < 4.78 is 36.0. The van der Waals surface area contributed by atoms with Crippen molar-refractivity contribution in [2.24, 2.45) is 0 Å². The fraction of sp³-hybridized carbons (Fsp3) is 0.167. The molecule has 1 aromatic heterocycles. The minimum atomic E-state index is -1.00. The lowest BCUT2D eigenvalue weighted by molar-refractivity contribution is 0.177. The van der Waals surface area contributed by atoms with Crippen molar-refractivity contribution in [3.8, 4) is 11.6 Å². The van der Waals surface area contributed by atoms with Crippen molar-refractivity contribution in [3.05, 3.63) is 46.9 Å². The largest absolute Gasteiger partial charge is 0.439 e. The van der Waals surface area contributed by atoms with Crippen molar-refractivity contribution < 1.29 is 18.3 Å². The van der Waals surface area contributed by atoms with E-state index in [4.69, 9.17) is 21.1 Å². The highest BCUT2D eigenvalue weighted by atomic mass is 35.5. The van der Waals surface area contributed by atoms with Crippen molar-refractivity contribution >= 4 is 11.6 Å². The molecule has 0 aliphatic carbocycles. The molecule has 0 radical (unpaired) electrons. The molecular formula is C12H9ClF2N2O2. The SMILES string of the molecule is COCc1nc(Cl)cc(Oc2ccc(F)c(F)c2)n1. The quantitative estimate of drug-likeness (QED) is 0.809. The van der Waals surface area contributed by atoms with Crippen molar-refractivity contribution in [2.75, 3.05) is 7.11 Å². The summed E-state index contributed by atoms with van der Waals surface area (Å²) in [5.41, 5.74) is 0. The summed E-state index contributed by atoms with van der Waals surface area (Å²) in [5, 5.41) is 0.166. The van der Waals surface area contributed by atoms with Gasteiger partial charge in [-0.3, -0.25) is 0 Å². The van der Waals surface area contributed by atoms with Crippen LogP contribution in [0.5, 0.6) is 11.6 Å². The van der Waals surface area contributed by atoms with Gasteiger partial charge in [0.15, 0.2) is 17.5 Å². The first kappa shape index (κ1) is 13.6. The van der Waals surface area contributed by atoms with E-state index < -0.39 is 11.6 Å². The van der Waals surface area contributed by atoms with Crippen molar-refractivity contribution in [1.82, 2.24) is 9.97 Å². The monoisotopic (exact) mass is 286 g/mol. The Hall–Kier alpha value is -1.79. The molecule has 0 aliphatic heterocycles. The van der Waals surface area contributed by atoms with Crippen LogP contribution in [0.2, 0.25) is 5.15 Å². The van der Waals surface area contributed by atoms with E-state index in [2.05, 4.69) is 9.97 Å². The normalized spacial score (nSPS) is 10.5. The van der Waals surface area contributed by atoms with Gasteiger partial charge in [-0.2, -0.15) is 4.98 Å². The number of hydrogen-bond donors (Lipinski definition) is 0. The molecule has 2 rings (SSSR count). The lowest BCUT2D eigenvalue weighted by Gasteiger charge is -2.07. The molecule has 1 heterocycles. The molecule has 1 aromatic carbocycles. The van der Waals surface area contributed by atoms with Gasteiger partial charge in [-0.1, -0.05) is 11.6 Å². The molecule has 19 heavy (non-hydrogen) atoms. The minimum Gasteiger partial charge on any atom is -0.439 e. The molecule has 100 valence electrons. The van der Waals surface area contributed by atoms with Gasteiger partial charge in [0.25, 0.3) is 0 Å². The van der Waals surface area contributed by atoms with Gasteiger partial charge in [0.05, 0.1) is 0 Å². The molecular weight excluding hydrogens is 278 g/mol. The van der Waals surface area contributed by atoms with Crippen LogP contribution in [0.3, 0.4) is 0 Å². The third-order valence-corrected chi connectivity index (χ3v) is 2.30. The second kappa shape index (κ2) is 5.90. The lowest BCUT2D eigenvalue weighted by atomic mass is 10.3. The zero-order chi connectivity index (χ0) is 13.8. The van der Waals surface area contributed by atoms with E-state index in [0.29, 0.717) is 5.82 Å². The molecule has 0 spiro atoms. The predicted octanol–water partition coefficient (Wildman–Crippen LogP) is 3.35. The second-order valence-electron chi connectivity index (χ2n) is 3.56. The molecule has 0 saturated carbocycles. The van der Waals surface area contributed by atoms with E-state index in [9.17, 15) is 8.78 Å². The van der Waals surface area contributed by atoms with Crippen molar-refractivity contribution in [3.63, 3.8) is 0 Å². The Kier molecular flexibility index (Phi) is 4.24. The zero-order valence-corrected chi connectivity index (χ0v) is 10.6. The summed E-state index contributed by atoms with van der Waals surface area (Å²) in [7, 11) is 1.49. The van der Waals surface area contributed by atoms with Gasteiger partial charge >= 0.3 is 0 Å². The van der Waals surface area contributed by atoms with Crippen LogP contribution in [0.4, 0.5) is 8.78 Å². The van der Waals surface area contributed by atoms with E-state index in [0.717, 1.165) is 12.1 Å². The highest BCUT2D eigenvalue weighted by Crippen LogP contribution is 2.23. The van der Waals surface area contributed by atoms with Crippen LogP contribution in [-0.2, 0) is 11.3 Å². The van der Waals surface area contributed by atoms with Crippen LogP contribution in [0.15, 0.2) is 24.3 Å². The van der Waals surface area contributed by atoms with Gasteiger partial charge < -0.3 is 9.47 Å². The number of aromatic nitrogens is 2. The fourth-order valence-electron chi connectivity index (χ4n) is 1.35. The van der Waals surface area contributed by atoms with Crippen LogP contribution in [0.1, 0.15) is 5.82 Å². The average molecular weight is 287 g/mol. The summed E-state index contributed by atoms with van der Waals surface area (Å²) in [6.45, 7) is 0.161. The Labute approximate surface area is 113 Å². The van der Waals surface area contributed by atoms with Crippen LogP contribution < -0.4 is 4.74 Å². The molecule has 0 N–H and O–H groups in total. The van der Waals surface area contributed by atoms with Gasteiger partial charge in [-0.05, 0) is 12.1 Å². The summed E-state index contributed by atoms with van der Waals surface area (Å²) in [4.78, 5) is 7.92.